The highest BCUT2D eigenvalue weighted by molar-refractivity contribution is 5.88. The molecule has 2 amide bonds. The molecule has 1 saturated carbocycles. The molecule has 7 heteroatoms. The SMILES string of the molecule is O=C(CNC(=O)C1CCCCC1C(=O)O)NO. The van der Waals surface area contributed by atoms with Crippen molar-refractivity contribution in [2.75, 3.05) is 6.54 Å². The van der Waals surface area contributed by atoms with E-state index in [1.54, 1.807) is 0 Å². The maximum absolute atomic E-state index is 11.7. The Morgan fingerprint density at radius 3 is 2.24 bits per heavy atom. The van der Waals surface area contributed by atoms with Crippen molar-refractivity contribution in [3.8, 4) is 0 Å². The van der Waals surface area contributed by atoms with Crippen molar-refractivity contribution < 1.29 is 24.7 Å². The molecule has 0 aromatic carbocycles. The summed E-state index contributed by atoms with van der Waals surface area (Å²) >= 11 is 0. The minimum absolute atomic E-state index is 0.349. The monoisotopic (exact) mass is 244 g/mol. The zero-order valence-corrected chi connectivity index (χ0v) is 9.31. The highest BCUT2D eigenvalue weighted by Gasteiger charge is 2.35. The molecule has 0 spiro atoms. The van der Waals surface area contributed by atoms with Gasteiger partial charge in [0, 0.05) is 0 Å². The third-order valence-corrected chi connectivity index (χ3v) is 2.97. The zero-order chi connectivity index (χ0) is 12.8. The highest BCUT2D eigenvalue weighted by atomic mass is 16.5. The molecular formula is C10H16N2O5. The van der Waals surface area contributed by atoms with Crippen LogP contribution in [0.4, 0.5) is 0 Å². The van der Waals surface area contributed by atoms with Gasteiger partial charge in [0.25, 0.3) is 5.91 Å². The van der Waals surface area contributed by atoms with Gasteiger partial charge in [0.05, 0.1) is 18.4 Å². The van der Waals surface area contributed by atoms with E-state index in [0.717, 1.165) is 12.8 Å². The average Bonchev–Trinajstić information content (AvgIpc) is 2.35. The van der Waals surface area contributed by atoms with Crippen LogP contribution in [0, 0.1) is 11.8 Å². The molecule has 7 nitrogen and oxygen atoms in total. The van der Waals surface area contributed by atoms with Crippen molar-refractivity contribution in [3.05, 3.63) is 0 Å². The number of hydroxylamine groups is 1. The van der Waals surface area contributed by atoms with Gasteiger partial charge < -0.3 is 10.4 Å². The van der Waals surface area contributed by atoms with E-state index in [9.17, 15) is 14.4 Å². The number of carboxylic acids is 1. The third kappa shape index (κ3) is 3.70. The molecule has 1 fully saturated rings. The molecule has 1 rings (SSSR count). The summed E-state index contributed by atoms with van der Waals surface area (Å²) in [4.78, 5) is 33.4. The Hall–Kier alpha value is -1.63. The van der Waals surface area contributed by atoms with Crippen molar-refractivity contribution in [3.63, 3.8) is 0 Å². The lowest BCUT2D eigenvalue weighted by Gasteiger charge is -2.27. The van der Waals surface area contributed by atoms with Gasteiger partial charge in [-0.15, -0.1) is 0 Å². The van der Waals surface area contributed by atoms with E-state index < -0.39 is 29.6 Å². The molecule has 17 heavy (non-hydrogen) atoms. The van der Waals surface area contributed by atoms with Crippen LogP contribution in [0.15, 0.2) is 0 Å². The van der Waals surface area contributed by atoms with E-state index in [4.69, 9.17) is 10.3 Å². The van der Waals surface area contributed by atoms with Crippen molar-refractivity contribution in [2.45, 2.75) is 25.7 Å². The summed E-state index contributed by atoms with van der Waals surface area (Å²) in [6.45, 7) is -0.349. The molecule has 0 bridgehead atoms. The molecule has 1 aliphatic rings. The van der Waals surface area contributed by atoms with Crippen LogP contribution < -0.4 is 10.8 Å². The van der Waals surface area contributed by atoms with Crippen molar-refractivity contribution in [2.24, 2.45) is 11.8 Å². The fraction of sp³-hybridized carbons (Fsp3) is 0.700. The standard InChI is InChI=1S/C10H16N2O5/c13-8(12-17)5-11-9(14)6-3-1-2-4-7(6)10(15)16/h6-7,17H,1-5H2,(H,11,14)(H,12,13)(H,15,16). The quantitative estimate of drug-likeness (QED) is 0.393. The van der Waals surface area contributed by atoms with Gasteiger partial charge in [0.1, 0.15) is 0 Å². The Labute approximate surface area is 98.1 Å². The molecule has 1 aliphatic carbocycles. The van der Waals surface area contributed by atoms with Gasteiger partial charge in [0.2, 0.25) is 5.91 Å². The summed E-state index contributed by atoms with van der Waals surface area (Å²) in [7, 11) is 0. The first-order chi connectivity index (χ1) is 8.06. The lowest BCUT2D eigenvalue weighted by molar-refractivity contribution is -0.149. The molecule has 2 atom stereocenters. The molecule has 0 aliphatic heterocycles. The summed E-state index contributed by atoms with van der Waals surface area (Å²) in [5, 5.41) is 19.5. The van der Waals surface area contributed by atoms with Crippen LogP contribution in [0.3, 0.4) is 0 Å². The molecule has 0 aromatic rings. The first kappa shape index (κ1) is 13.4. The summed E-state index contributed by atoms with van der Waals surface area (Å²) < 4.78 is 0. The fourth-order valence-corrected chi connectivity index (χ4v) is 2.08. The number of carboxylic acid groups (broad SMARTS) is 1. The van der Waals surface area contributed by atoms with Gasteiger partial charge in [-0.3, -0.25) is 19.6 Å². The number of carbonyl (C=O) groups excluding carboxylic acids is 2. The molecule has 0 heterocycles. The number of aliphatic carboxylic acids is 1. The smallest absolute Gasteiger partial charge is 0.307 e. The van der Waals surface area contributed by atoms with E-state index in [-0.39, 0.29) is 6.54 Å². The predicted octanol–water partition coefficient (Wildman–Crippen LogP) is -0.501. The number of hydrogen-bond donors (Lipinski definition) is 4. The summed E-state index contributed by atoms with van der Waals surface area (Å²) in [5.41, 5.74) is 1.39. The van der Waals surface area contributed by atoms with Crippen molar-refractivity contribution in [1.82, 2.24) is 10.8 Å². The topological polar surface area (TPSA) is 116 Å². The van der Waals surface area contributed by atoms with Gasteiger partial charge in [-0.25, -0.2) is 5.48 Å². The second-order valence-electron chi connectivity index (χ2n) is 4.09. The second-order valence-corrected chi connectivity index (χ2v) is 4.09. The first-order valence-corrected chi connectivity index (χ1v) is 5.49. The molecule has 0 radical (unpaired) electrons. The predicted molar refractivity (Wildman–Crippen MR) is 56.0 cm³/mol. The normalized spacial score (nSPS) is 23.8. The zero-order valence-electron chi connectivity index (χ0n) is 9.31. The molecule has 96 valence electrons. The van der Waals surface area contributed by atoms with Gasteiger partial charge >= 0.3 is 5.97 Å². The van der Waals surface area contributed by atoms with Crippen molar-refractivity contribution in [1.29, 1.82) is 0 Å². The van der Waals surface area contributed by atoms with Gasteiger partial charge in [-0.05, 0) is 12.8 Å². The van der Waals surface area contributed by atoms with E-state index >= 15 is 0 Å². The largest absolute Gasteiger partial charge is 0.481 e. The van der Waals surface area contributed by atoms with E-state index in [0.29, 0.717) is 12.8 Å². The number of rotatable bonds is 4. The van der Waals surface area contributed by atoms with Crippen LogP contribution in [-0.2, 0) is 14.4 Å². The van der Waals surface area contributed by atoms with Crippen LogP contribution in [0.5, 0.6) is 0 Å². The lowest BCUT2D eigenvalue weighted by Crippen LogP contribution is -2.43. The van der Waals surface area contributed by atoms with Gasteiger partial charge in [-0.2, -0.15) is 0 Å². The lowest BCUT2D eigenvalue weighted by atomic mass is 9.79. The Morgan fingerprint density at radius 2 is 1.71 bits per heavy atom. The average molecular weight is 244 g/mol. The maximum atomic E-state index is 11.7. The molecule has 0 aromatic heterocycles. The number of hydrogen-bond acceptors (Lipinski definition) is 4. The van der Waals surface area contributed by atoms with Gasteiger partial charge in [0.15, 0.2) is 0 Å². The number of carbonyl (C=O) groups is 3. The molecule has 2 unspecified atom stereocenters. The summed E-state index contributed by atoms with van der Waals surface area (Å²) in [6, 6.07) is 0. The fourth-order valence-electron chi connectivity index (χ4n) is 2.08. The van der Waals surface area contributed by atoms with Crippen LogP contribution in [0.2, 0.25) is 0 Å². The van der Waals surface area contributed by atoms with Gasteiger partial charge in [-0.1, -0.05) is 12.8 Å². The van der Waals surface area contributed by atoms with Crippen molar-refractivity contribution >= 4 is 17.8 Å². The van der Waals surface area contributed by atoms with Crippen LogP contribution in [0.25, 0.3) is 0 Å². The minimum atomic E-state index is -0.976. The van der Waals surface area contributed by atoms with E-state index in [1.807, 2.05) is 0 Å². The Morgan fingerprint density at radius 1 is 1.12 bits per heavy atom. The minimum Gasteiger partial charge on any atom is -0.481 e. The second kappa shape index (κ2) is 6.19. The summed E-state index contributed by atoms with van der Waals surface area (Å²) in [5.74, 6) is -3.42. The Kier molecular flexibility index (Phi) is 4.89. The van der Waals surface area contributed by atoms with E-state index in [2.05, 4.69) is 5.32 Å². The highest BCUT2D eigenvalue weighted by Crippen LogP contribution is 2.30. The number of nitrogens with one attached hydrogen (secondary N) is 2. The summed E-state index contributed by atoms with van der Waals surface area (Å²) in [6.07, 6.45) is 2.62. The number of amides is 2. The Bertz CT molecular complexity index is 318. The van der Waals surface area contributed by atoms with Crippen LogP contribution >= 0.6 is 0 Å². The molecule has 4 N–H and O–H groups in total. The van der Waals surface area contributed by atoms with Crippen LogP contribution in [0.1, 0.15) is 25.7 Å². The van der Waals surface area contributed by atoms with E-state index in [1.165, 1.54) is 5.48 Å². The molecular weight excluding hydrogens is 228 g/mol. The Balaban J connectivity index is 2.53. The third-order valence-electron chi connectivity index (χ3n) is 2.97. The first-order valence-electron chi connectivity index (χ1n) is 5.49. The van der Waals surface area contributed by atoms with Crippen LogP contribution in [-0.4, -0.2) is 34.6 Å². The maximum Gasteiger partial charge on any atom is 0.307 e. The molecule has 0 saturated heterocycles.